The van der Waals surface area contributed by atoms with E-state index in [1.807, 2.05) is 12.1 Å². The highest BCUT2D eigenvalue weighted by molar-refractivity contribution is 5.70. The third kappa shape index (κ3) is 3.45. The number of rotatable bonds is 5. The summed E-state index contributed by atoms with van der Waals surface area (Å²) in [6.07, 6.45) is 0.0666. The molecule has 14 heavy (non-hydrogen) atoms. The molecule has 0 saturated carbocycles. The Labute approximate surface area is 82.7 Å². The van der Waals surface area contributed by atoms with Crippen LogP contribution in [0.5, 0.6) is 0 Å². The van der Waals surface area contributed by atoms with E-state index in [4.69, 9.17) is 10.8 Å². The van der Waals surface area contributed by atoms with E-state index in [0.29, 0.717) is 6.54 Å². The Kier molecular flexibility index (Phi) is 3.94. The number of nitrogens with one attached hydrogen (secondary N) is 1. The third-order valence-electron chi connectivity index (χ3n) is 1.78. The van der Waals surface area contributed by atoms with Gasteiger partial charge in [-0.05, 0) is 17.7 Å². The van der Waals surface area contributed by atoms with Gasteiger partial charge in [-0.1, -0.05) is 12.1 Å². The molecule has 0 bridgehead atoms. The summed E-state index contributed by atoms with van der Waals surface area (Å²) in [6, 6.07) is 7.31. The van der Waals surface area contributed by atoms with Gasteiger partial charge < -0.3 is 16.2 Å². The van der Waals surface area contributed by atoms with E-state index >= 15 is 0 Å². The lowest BCUT2D eigenvalue weighted by atomic mass is 10.1. The van der Waals surface area contributed by atoms with Gasteiger partial charge in [0.25, 0.3) is 0 Å². The number of nitrogens with two attached hydrogens (primary N) is 1. The molecule has 0 spiro atoms. The monoisotopic (exact) mass is 194 g/mol. The number of hydrogen-bond acceptors (Lipinski definition) is 3. The molecule has 0 atom stereocenters. The minimum absolute atomic E-state index is 0.0666. The summed E-state index contributed by atoms with van der Waals surface area (Å²) in [7, 11) is 0. The lowest BCUT2D eigenvalue weighted by molar-refractivity contribution is -0.136. The molecule has 0 aliphatic heterocycles. The normalized spacial score (nSPS) is 9.79. The molecule has 0 aliphatic rings. The highest BCUT2D eigenvalue weighted by Gasteiger charge is 1.99. The Morgan fingerprint density at radius 3 is 2.50 bits per heavy atom. The molecule has 4 N–H and O–H groups in total. The van der Waals surface area contributed by atoms with Crippen molar-refractivity contribution < 1.29 is 9.90 Å². The number of aliphatic carboxylic acids is 1. The molecular weight excluding hydrogens is 180 g/mol. The van der Waals surface area contributed by atoms with Gasteiger partial charge in [0.05, 0.1) is 6.42 Å². The minimum atomic E-state index is -0.812. The molecule has 1 aromatic rings. The third-order valence-corrected chi connectivity index (χ3v) is 1.78. The Bertz CT molecular complexity index is 295. The lowest BCUT2D eigenvalue weighted by Crippen LogP contribution is -2.13. The van der Waals surface area contributed by atoms with E-state index < -0.39 is 5.97 Å². The molecule has 0 aromatic heterocycles. The lowest BCUT2D eigenvalue weighted by Gasteiger charge is -2.04. The van der Waals surface area contributed by atoms with Crippen molar-refractivity contribution in [1.82, 2.24) is 0 Å². The zero-order valence-corrected chi connectivity index (χ0v) is 7.86. The number of carboxylic acid groups (broad SMARTS) is 1. The fourth-order valence-corrected chi connectivity index (χ4v) is 1.13. The van der Waals surface area contributed by atoms with E-state index in [9.17, 15) is 4.79 Å². The number of carboxylic acids is 1. The molecule has 0 saturated heterocycles. The number of carbonyl (C=O) groups is 1. The molecule has 4 heteroatoms. The second-order valence-electron chi connectivity index (χ2n) is 2.98. The average Bonchev–Trinajstić information content (AvgIpc) is 2.16. The summed E-state index contributed by atoms with van der Waals surface area (Å²) < 4.78 is 0. The molecule has 0 aliphatic carbocycles. The molecule has 1 aromatic carbocycles. The van der Waals surface area contributed by atoms with Crippen LogP contribution in [0.15, 0.2) is 24.3 Å². The van der Waals surface area contributed by atoms with Crippen LogP contribution < -0.4 is 11.1 Å². The van der Waals surface area contributed by atoms with Gasteiger partial charge in [-0.15, -0.1) is 0 Å². The Morgan fingerprint density at radius 1 is 1.36 bits per heavy atom. The topological polar surface area (TPSA) is 75.3 Å². The molecule has 0 unspecified atom stereocenters. The van der Waals surface area contributed by atoms with Gasteiger partial charge >= 0.3 is 5.97 Å². The van der Waals surface area contributed by atoms with Crippen LogP contribution in [0.3, 0.4) is 0 Å². The molecule has 0 radical (unpaired) electrons. The van der Waals surface area contributed by atoms with Crippen LogP contribution in [-0.2, 0) is 11.2 Å². The highest BCUT2D eigenvalue weighted by atomic mass is 16.4. The van der Waals surface area contributed by atoms with Gasteiger partial charge in [0.15, 0.2) is 0 Å². The molecule has 0 fully saturated rings. The predicted molar refractivity (Wildman–Crippen MR) is 55.3 cm³/mol. The first-order valence-electron chi connectivity index (χ1n) is 4.47. The first-order valence-corrected chi connectivity index (χ1v) is 4.47. The van der Waals surface area contributed by atoms with Crippen molar-refractivity contribution in [2.24, 2.45) is 5.73 Å². The highest BCUT2D eigenvalue weighted by Crippen LogP contribution is 2.09. The largest absolute Gasteiger partial charge is 0.481 e. The molecule has 0 amide bonds. The summed E-state index contributed by atoms with van der Waals surface area (Å²) in [4.78, 5) is 10.4. The number of hydrogen-bond donors (Lipinski definition) is 3. The van der Waals surface area contributed by atoms with Crippen molar-refractivity contribution >= 4 is 11.7 Å². The van der Waals surface area contributed by atoms with E-state index in [-0.39, 0.29) is 6.42 Å². The molecular formula is C10H14N2O2. The van der Waals surface area contributed by atoms with Crippen LogP contribution >= 0.6 is 0 Å². The van der Waals surface area contributed by atoms with Crippen LogP contribution in [0.2, 0.25) is 0 Å². The Morgan fingerprint density at radius 2 is 2.00 bits per heavy atom. The van der Waals surface area contributed by atoms with Crippen molar-refractivity contribution in [1.29, 1.82) is 0 Å². The van der Waals surface area contributed by atoms with Crippen molar-refractivity contribution in [2.75, 3.05) is 18.4 Å². The van der Waals surface area contributed by atoms with Crippen molar-refractivity contribution in [3.8, 4) is 0 Å². The van der Waals surface area contributed by atoms with Crippen molar-refractivity contribution in [3.05, 3.63) is 29.8 Å². The van der Waals surface area contributed by atoms with Gasteiger partial charge in [-0.2, -0.15) is 0 Å². The SMILES string of the molecule is NCCNc1ccc(CC(=O)O)cc1. The quantitative estimate of drug-likeness (QED) is 0.644. The van der Waals surface area contributed by atoms with Gasteiger partial charge in [0.1, 0.15) is 0 Å². The van der Waals surface area contributed by atoms with Gasteiger partial charge in [0, 0.05) is 18.8 Å². The first-order chi connectivity index (χ1) is 6.72. The minimum Gasteiger partial charge on any atom is -0.481 e. The average molecular weight is 194 g/mol. The summed E-state index contributed by atoms with van der Waals surface area (Å²) in [5, 5.41) is 11.6. The first kappa shape index (κ1) is 10.5. The summed E-state index contributed by atoms with van der Waals surface area (Å²) in [5.41, 5.74) is 7.10. The van der Waals surface area contributed by atoms with E-state index in [0.717, 1.165) is 17.8 Å². The molecule has 1 rings (SSSR count). The van der Waals surface area contributed by atoms with E-state index in [2.05, 4.69) is 5.32 Å². The number of anilines is 1. The summed E-state index contributed by atoms with van der Waals surface area (Å²) in [5.74, 6) is -0.812. The zero-order valence-electron chi connectivity index (χ0n) is 7.86. The second-order valence-corrected chi connectivity index (χ2v) is 2.98. The van der Waals surface area contributed by atoms with Crippen LogP contribution in [0, 0.1) is 0 Å². The van der Waals surface area contributed by atoms with Crippen molar-refractivity contribution in [3.63, 3.8) is 0 Å². The van der Waals surface area contributed by atoms with Crippen molar-refractivity contribution in [2.45, 2.75) is 6.42 Å². The molecule has 76 valence electrons. The molecule has 4 nitrogen and oxygen atoms in total. The number of benzene rings is 1. The van der Waals surface area contributed by atoms with Crippen LogP contribution in [0.25, 0.3) is 0 Å². The van der Waals surface area contributed by atoms with Crippen LogP contribution in [0.1, 0.15) is 5.56 Å². The smallest absolute Gasteiger partial charge is 0.307 e. The fourth-order valence-electron chi connectivity index (χ4n) is 1.13. The van der Waals surface area contributed by atoms with E-state index in [1.165, 1.54) is 0 Å². The summed E-state index contributed by atoms with van der Waals surface area (Å²) >= 11 is 0. The maximum absolute atomic E-state index is 10.4. The van der Waals surface area contributed by atoms with Crippen LogP contribution in [0.4, 0.5) is 5.69 Å². The maximum atomic E-state index is 10.4. The predicted octanol–water partition coefficient (Wildman–Crippen LogP) is 0.684. The molecule has 0 heterocycles. The Hall–Kier alpha value is -1.55. The maximum Gasteiger partial charge on any atom is 0.307 e. The van der Waals surface area contributed by atoms with E-state index in [1.54, 1.807) is 12.1 Å². The second kappa shape index (κ2) is 5.24. The van der Waals surface area contributed by atoms with Gasteiger partial charge in [-0.25, -0.2) is 0 Å². The Balaban J connectivity index is 2.54. The standard InChI is InChI=1S/C10H14N2O2/c11-5-6-12-9-3-1-8(2-4-9)7-10(13)14/h1-4,12H,5-7,11H2,(H,13,14). The zero-order chi connectivity index (χ0) is 10.4. The van der Waals surface area contributed by atoms with Gasteiger partial charge in [0.2, 0.25) is 0 Å². The fraction of sp³-hybridized carbons (Fsp3) is 0.300. The van der Waals surface area contributed by atoms with Gasteiger partial charge in [-0.3, -0.25) is 4.79 Å². The van der Waals surface area contributed by atoms with Crippen LogP contribution in [-0.4, -0.2) is 24.2 Å². The summed E-state index contributed by atoms with van der Waals surface area (Å²) in [6.45, 7) is 1.30.